The van der Waals surface area contributed by atoms with E-state index in [9.17, 15) is 0 Å². The molecule has 0 saturated heterocycles. The van der Waals surface area contributed by atoms with Gasteiger partial charge in [-0.15, -0.1) is 11.3 Å². The van der Waals surface area contributed by atoms with Crippen LogP contribution in [0.5, 0.6) is 0 Å². The van der Waals surface area contributed by atoms with Crippen LogP contribution < -0.4 is 0 Å². The van der Waals surface area contributed by atoms with Crippen LogP contribution in [0.15, 0.2) is 152 Å². The molecule has 0 spiro atoms. The molecule has 46 heavy (non-hydrogen) atoms. The van der Waals surface area contributed by atoms with E-state index < -0.39 is 0 Å². The van der Waals surface area contributed by atoms with Crippen LogP contribution in [0.4, 0.5) is 0 Å². The summed E-state index contributed by atoms with van der Waals surface area (Å²) >= 11 is 1.78. The molecule has 6 aromatic carbocycles. The van der Waals surface area contributed by atoms with Gasteiger partial charge in [0.05, 0.1) is 11.0 Å². The fraction of sp³-hybridized carbons (Fsp3) is 0. The lowest BCUT2D eigenvalue weighted by molar-refractivity contribution is 1.08. The van der Waals surface area contributed by atoms with Crippen molar-refractivity contribution in [3.8, 4) is 51.2 Å². The standard InChI is InChI=1S/C40H25N5S/c1-4-14-26(15-5-1)37-42-38(27-16-6-2-7-17-27)44-39(43-37)29-20-12-24-33-35(29)36-30(21-13-25-34(36)46-33)40-41-31-22-10-11-23-32(31)45(40)28-18-8-3-9-19-28/h1-25H. The van der Waals surface area contributed by atoms with E-state index in [1.54, 1.807) is 11.3 Å². The molecule has 0 atom stereocenters. The molecule has 9 rings (SSSR count). The molecule has 0 aliphatic heterocycles. The Morgan fingerprint density at radius 2 is 0.935 bits per heavy atom. The maximum absolute atomic E-state index is 5.23. The SMILES string of the molecule is c1ccc(-c2nc(-c3ccccc3)nc(-c3cccc4sc5cccc(-c6nc7ccccc7n6-c6ccccc6)c5c34)n2)cc1. The van der Waals surface area contributed by atoms with Gasteiger partial charge < -0.3 is 0 Å². The van der Waals surface area contributed by atoms with E-state index >= 15 is 0 Å². The Balaban J connectivity index is 1.35. The van der Waals surface area contributed by atoms with E-state index in [0.717, 1.165) is 55.6 Å². The minimum atomic E-state index is 0.643. The van der Waals surface area contributed by atoms with Gasteiger partial charge in [-0.1, -0.05) is 115 Å². The molecule has 5 nitrogen and oxygen atoms in total. The summed E-state index contributed by atoms with van der Waals surface area (Å²) in [4.78, 5) is 20.4. The summed E-state index contributed by atoms with van der Waals surface area (Å²) in [7, 11) is 0. The third-order valence-electron chi connectivity index (χ3n) is 8.28. The molecule has 0 N–H and O–H groups in total. The molecule has 0 bridgehead atoms. The van der Waals surface area contributed by atoms with E-state index in [1.165, 1.54) is 9.40 Å². The Bertz CT molecular complexity index is 2460. The molecule has 0 amide bonds. The lowest BCUT2D eigenvalue weighted by Crippen LogP contribution is -2.00. The van der Waals surface area contributed by atoms with E-state index in [-0.39, 0.29) is 0 Å². The predicted molar refractivity (Wildman–Crippen MR) is 189 cm³/mol. The Labute approximate surface area is 269 Å². The van der Waals surface area contributed by atoms with Crippen LogP contribution in [0.25, 0.3) is 82.4 Å². The van der Waals surface area contributed by atoms with Crippen molar-refractivity contribution in [2.75, 3.05) is 0 Å². The summed E-state index contributed by atoms with van der Waals surface area (Å²) in [5, 5.41) is 2.27. The quantitative estimate of drug-likeness (QED) is 0.195. The van der Waals surface area contributed by atoms with Gasteiger partial charge in [0.1, 0.15) is 5.82 Å². The smallest absolute Gasteiger partial charge is 0.164 e. The first kappa shape index (κ1) is 26.4. The summed E-state index contributed by atoms with van der Waals surface area (Å²) in [5.41, 5.74) is 7.02. The lowest BCUT2D eigenvalue weighted by atomic mass is 10.0. The maximum atomic E-state index is 5.23. The van der Waals surface area contributed by atoms with Crippen molar-refractivity contribution < 1.29 is 0 Å². The third kappa shape index (κ3) is 4.38. The average Bonchev–Trinajstić information content (AvgIpc) is 3.72. The molecule has 9 aromatic rings. The van der Waals surface area contributed by atoms with E-state index in [2.05, 4.69) is 83.4 Å². The summed E-state index contributed by atoms with van der Waals surface area (Å²) in [6.45, 7) is 0. The summed E-state index contributed by atoms with van der Waals surface area (Å²) in [5.74, 6) is 2.83. The zero-order valence-corrected chi connectivity index (χ0v) is 25.4. The van der Waals surface area contributed by atoms with Gasteiger partial charge in [0, 0.05) is 48.1 Å². The van der Waals surface area contributed by atoms with E-state index in [0.29, 0.717) is 17.5 Å². The van der Waals surface area contributed by atoms with Crippen LogP contribution in [0.1, 0.15) is 0 Å². The fourth-order valence-electron chi connectivity index (χ4n) is 6.21. The van der Waals surface area contributed by atoms with Gasteiger partial charge >= 0.3 is 0 Å². The monoisotopic (exact) mass is 607 g/mol. The van der Waals surface area contributed by atoms with Crippen LogP contribution >= 0.6 is 11.3 Å². The molecule has 0 unspecified atom stereocenters. The number of imidazole rings is 1. The first-order chi connectivity index (χ1) is 22.8. The van der Waals surface area contributed by atoms with Crippen molar-refractivity contribution in [1.82, 2.24) is 24.5 Å². The fourth-order valence-corrected chi connectivity index (χ4v) is 7.37. The highest BCUT2D eigenvalue weighted by atomic mass is 32.1. The Morgan fingerprint density at radius 1 is 0.413 bits per heavy atom. The molecule has 3 aromatic heterocycles. The third-order valence-corrected chi connectivity index (χ3v) is 9.40. The first-order valence-electron chi connectivity index (χ1n) is 15.2. The highest BCUT2D eigenvalue weighted by molar-refractivity contribution is 7.26. The van der Waals surface area contributed by atoms with Crippen molar-refractivity contribution in [1.29, 1.82) is 0 Å². The van der Waals surface area contributed by atoms with Crippen molar-refractivity contribution >= 4 is 42.5 Å². The molecule has 0 fully saturated rings. The minimum absolute atomic E-state index is 0.643. The predicted octanol–water partition coefficient (Wildman–Crippen LogP) is 10.2. The number of hydrogen-bond donors (Lipinski definition) is 0. The second-order valence-electron chi connectivity index (χ2n) is 11.1. The summed E-state index contributed by atoms with van der Waals surface area (Å²) in [6, 6.07) is 51.9. The molecule has 0 radical (unpaired) electrons. The second-order valence-corrected chi connectivity index (χ2v) is 12.2. The van der Waals surface area contributed by atoms with Gasteiger partial charge in [0.15, 0.2) is 17.5 Å². The van der Waals surface area contributed by atoms with Crippen LogP contribution in [0.2, 0.25) is 0 Å². The van der Waals surface area contributed by atoms with E-state index in [1.807, 2.05) is 72.8 Å². The van der Waals surface area contributed by atoms with Crippen molar-refractivity contribution in [2.24, 2.45) is 0 Å². The van der Waals surface area contributed by atoms with Crippen LogP contribution in [0.3, 0.4) is 0 Å². The average molecular weight is 608 g/mol. The lowest BCUT2D eigenvalue weighted by Gasteiger charge is -2.12. The van der Waals surface area contributed by atoms with Crippen molar-refractivity contribution in [3.63, 3.8) is 0 Å². The van der Waals surface area contributed by atoms with Crippen LogP contribution in [-0.2, 0) is 0 Å². The second kappa shape index (κ2) is 10.9. The highest BCUT2D eigenvalue weighted by Crippen LogP contribution is 2.44. The molecule has 0 aliphatic carbocycles. The van der Waals surface area contributed by atoms with E-state index in [4.69, 9.17) is 19.9 Å². The number of para-hydroxylation sites is 3. The number of benzene rings is 6. The van der Waals surface area contributed by atoms with Gasteiger partial charge in [0.2, 0.25) is 0 Å². The molecule has 0 saturated carbocycles. The van der Waals surface area contributed by atoms with Crippen molar-refractivity contribution in [2.45, 2.75) is 0 Å². The van der Waals surface area contributed by atoms with Gasteiger partial charge in [-0.05, 0) is 36.4 Å². The Kier molecular flexibility index (Phi) is 6.25. The van der Waals surface area contributed by atoms with Crippen LogP contribution in [0, 0.1) is 0 Å². The minimum Gasteiger partial charge on any atom is -0.292 e. The Hall–Kier alpha value is -5.98. The molecule has 3 heterocycles. The van der Waals surface area contributed by atoms with Gasteiger partial charge in [0.25, 0.3) is 0 Å². The molecule has 6 heteroatoms. The number of nitrogens with zero attached hydrogens (tertiary/aromatic N) is 5. The summed E-state index contributed by atoms with van der Waals surface area (Å²) < 4.78 is 4.62. The highest BCUT2D eigenvalue weighted by Gasteiger charge is 2.22. The molecular formula is C40H25N5S. The number of fused-ring (bicyclic) bond motifs is 4. The van der Waals surface area contributed by atoms with Gasteiger partial charge in [-0.3, -0.25) is 4.57 Å². The first-order valence-corrected chi connectivity index (χ1v) is 16.0. The molecule has 0 aliphatic rings. The number of rotatable bonds is 5. The van der Waals surface area contributed by atoms with Gasteiger partial charge in [-0.2, -0.15) is 0 Å². The van der Waals surface area contributed by atoms with Crippen molar-refractivity contribution in [3.05, 3.63) is 152 Å². The topological polar surface area (TPSA) is 56.5 Å². The zero-order valence-electron chi connectivity index (χ0n) is 24.6. The summed E-state index contributed by atoms with van der Waals surface area (Å²) in [6.07, 6.45) is 0. The largest absolute Gasteiger partial charge is 0.292 e. The number of thiophene rings is 1. The molecule has 216 valence electrons. The normalized spacial score (nSPS) is 11.5. The number of hydrogen-bond acceptors (Lipinski definition) is 5. The number of aromatic nitrogens is 5. The van der Waals surface area contributed by atoms with Crippen LogP contribution in [-0.4, -0.2) is 24.5 Å². The maximum Gasteiger partial charge on any atom is 0.164 e. The zero-order chi connectivity index (χ0) is 30.5. The van der Waals surface area contributed by atoms with Gasteiger partial charge in [-0.25, -0.2) is 19.9 Å². The molecular weight excluding hydrogens is 583 g/mol. The Morgan fingerprint density at radius 3 is 1.59 bits per heavy atom.